The Bertz CT molecular complexity index is 1560. The van der Waals surface area contributed by atoms with Crippen molar-refractivity contribution in [3.8, 4) is 5.69 Å². The van der Waals surface area contributed by atoms with Gasteiger partial charge in [0.05, 0.1) is 5.69 Å². The third-order valence-corrected chi connectivity index (χ3v) is 8.06. The van der Waals surface area contributed by atoms with Gasteiger partial charge >= 0.3 is 5.69 Å². The maximum atomic E-state index is 12.5. The van der Waals surface area contributed by atoms with E-state index in [2.05, 4.69) is 92.2 Å². The summed E-state index contributed by atoms with van der Waals surface area (Å²) in [5.74, 6) is 1.24. The summed E-state index contributed by atoms with van der Waals surface area (Å²) in [7, 11) is 0. The number of nitrogens with two attached hydrogens (primary N) is 3. The van der Waals surface area contributed by atoms with E-state index in [4.69, 9.17) is 17.2 Å². The molecule has 10 heteroatoms. The first-order valence-corrected chi connectivity index (χ1v) is 16.2. The van der Waals surface area contributed by atoms with Gasteiger partial charge in [-0.05, 0) is 78.6 Å². The number of hydrogen-bond acceptors (Lipinski definition) is 6. The van der Waals surface area contributed by atoms with E-state index in [9.17, 15) is 4.79 Å². The number of thioether (sulfide) groups is 1. The minimum absolute atomic E-state index is 0.0352. The Balaban J connectivity index is 0.000000297. The zero-order chi connectivity index (χ0) is 32.3. The lowest BCUT2D eigenvalue weighted by atomic mass is 9.87. The number of fused-ring (bicyclic) bond motifs is 1. The largest absolute Gasteiger partial charge is 0.370 e. The number of rotatable bonds is 11. The normalized spacial score (nSPS) is 11.7. The van der Waals surface area contributed by atoms with Crippen molar-refractivity contribution in [1.82, 2.24) is 19.9 Å². The number of aliphatic imine (C=N–C) groups is 1. The average molecular weight is 619 g/mol. The van der Waals surface area contributed by atoms with Crippen LogP contribution in [0, 0.1) is 0 Å². The van der Waals surface area contributed by atoms with Crippen LogP contribution in [0.15, 0.2) is 75.5 Å². The minimum atomic E-state index is -0.301. The molecule has 0 unspecified atom stereocenters. The first kappa shape index (κ1) is 34.9. The molecule has 0 aliphatic heterocycles. The molecular formula is C34H50N8OS. The van der Waals surface area contributed by atoms with Crippen LogP contribution in [0.5, 0.6) is 0 Å². The van der Waals surface area contributed by atoms with Crippen molar-refractivity contribution in [2.24, 2.45) is 22.2 Å². The van der Waals surface area contributed by atoms with Crippen molar-refractivity contribution in [3.63, 3.8) is 0 Å². The first-order valence-electron chi connectivity index (χ1n) is 15.2. The summed E-state index contributed by atoms with van der Waals surface area (Å²) in [5.41, 5.74) is 21.0. The minimum Gasteiger partial charge on any atom is -0.370 e. The number of aromatic amines is 1. The molecule has 0 aliphatic carbocycles. The summed E-state index contributed by atoms with van der Waals surface area (Å²) in [5, 5.41) is 4.27. The molecule has 0 bridgehead atoms. The lowest BCUT2D eigenvalue weighted by molar-refractivity contribution is 0.574. The number of hydrogen-bond donors (Lipinski definition) is 5. The number of H-pyrrole nitrogens is 1. The number of nitrogens with zero attached hydrogens (tertiary/aromatic N) is 3. The van der Waals surface area contributed by atoms with Crippen LogP contribution < -0.4 is 28.2 Å². The third kappa shape index (κ3) is 10.8. The van der Waals surface area contributed by atoms with Gasteiger partial charge in [-0.15, -0.1) is 11.8 Å². The smallest absolute Gasteiger partial charge is 0.354 e. The van der Waals surface area contributed by atoms with Crippen molar-refractivity contribution >= 4 is 28.8 Å². The van der Waals surface area contributed by atoms with E-state index in [1.807, 2.05) is 42.2 Å². The molecule has 0 radical (unpaired) electrons. The summed E-state index contributed by atoms with van der Waals surface area (Å²) >= 11 is 1.90. The van der Waals surface area contributed by atoms with Crippen molar-refractivity contribution in [2.75, 3.05) is 25.4 Å². The van der Waals surface area contributed by atoms with Crippen molar-refractivity contribution in [2.45, 2.75) is 76.7 Å². The topological polar surface area (TPSA) is 153 Å². The molecule has 8 N–H and O–H groups in total. The highest BCUT2D eigenvalue weighted by Crippen LogP contribution is 2.27. The monoisotopic (exact) mass is 618 g/mol. The van der Waals surface area contributed by atoms with Crippen molar-refractivity contribution in [1.29, 1.82) is 0 Å². The summed E-state index contributed by atoms with van der Waals surface area (Å²) in [6.45, 7) is 16.1. The molecule has 0 fully saturated rings. The number of benzene rings is 2. The van der Waals surface area contributed by atoms with Gasteiger partial charge in [-0.2, -0.15) is 4.98 Å². The van der Waals surface area contributed by atoms with Gasteiger partial charge in [0.1, 0.15) is 5.65 Å². The van der Waals surface area contributed by atoms with E-state index in [1.165, 1.54) is 10.5 Å². The quantitative estimate of drug-likeness (QED) is 0.0671. The van der Waals surface area contributed by atoms with E-state index in [-0.39, 0.29) is 22.5 Å². The Kier molecular flexibility index (Phi) is 12.6. The van der Waals surface area contributed by atoms with Gasteiger partial charge in [0.25, 0.3) is 0 Å². The summed E-state index contributed by atoms with van der Waals surface area (Å²) in [4.78, 5) is 25.3. The van der Waals surface area contributed by atoms with Crippen LogP contribution in [-0.2, 0) is 17.4 Å². The van der Waals surface area contributed by atoms with Gasteiger partial charge < -0.3 is 27.5 Å². The summed E-state index contributed by atoms with van der Waals surface area (Å²) < 4.78 is 1.58. The molecule has 238 valence electrons. The summed E-state index contributed by atoms with van der Waals surface area (Å²) in [6.07, 6.45) is 3.79. The Morgan fingerprint density at radius 1 is 1.00 bits per heavy atom. The molecule has 2 heterocycles. The molecule has 0 aliphatic rings. The van der Waals surface area contributed by atoms with Gasteiger partial charge in [-0.1, -0.05) is 65.8 Å². The molecule has 0 spiro atoms. The van der Waals surface area contributed by atoms with Crippen molar-refractivity contribution in [3.05, 3.63) is 88.1 Å². The van der Waals surface area contributed by atoms with Gasteiger partial charge in [-0.3, -0.25) is 9.56 Å². The number of nitrogens with one attached hydrogen (secondary N) is 2. The van der Waals surface area contributed by atoms with Gasteiger partial charge in [0, 0.05) is 40.7 Å². The molecule has 0 amide bonds. The van der Waals surface area contributed by atoms with E-state index >= 15 is 0 Å². The van der Waals surface area contributed by atoms with Crippen LogP contribution in [0.1, 0.15) is 71.2 Å². The van der Waals surface area contributed by atoms with Crippen LogP contribution in [0.2, 0.25) is 0 Å². The predicted octanol–water partition coefficient (Wildman–Crippen LogP) is 5.19. The van der Waals surface area contributed by atoms with Gasteiger partial charge in [0.2, 0.25) is 0 Å². The predicted molar refractivity (Wildman–Crippen MR) is 187 cm³/mol. The number of guanidine groups is 1. The van der Waals surface area contributed by atoms with Crippen LogP contribution >= 0.6 is 11.8 Å². The van der Waals surface area contributed by atoms with Gasteiger partial charge in [0.15, 0.2) is 5.96 Å². The fourth-order valence-electron chi connectivity index (χ4n) is 4.33. The second kappa shape index (κ2) is 15.9. The average Bonchev–Trinajstić information content (AvgIpc) is 3.39. The van der Waals surface area contributed by atoms with Crippen LogP contribution in [-0.4, -0.2) is 45.9 Å². The molecule has 9 nitrogen and oxygen atoms in total. The molecule has 2 aromatic carbocycles. The Labute approximate surface area is 266 Å². The van der Waals surface area contributed by atoms with E-state index < -0.39 is 0 Å². The maximum absolute atomic E-state index is 12.5. The Hall–Kier alpha value is -3.60. The molecule has 4 aromatic rings. The summed E-state index contributed by atoms with van der Waals surface area (Å²) in [6, 6.07) is 18.7. The highest BCUT2D eigenvalue weighted by molar-refractivity contribution is 7.99. The molecule has 44 heavy (non-hydrogen) atoms. The molecule has 0 saturated heterocycles. The SMILES string of the molecule is CC(C)(C)c1cc2cn(-c3ccc(CNCCCN=C(N)N)cc3)c(=O)nc2[nH]1.CC(C)(C)c1cccc(SCCCN)c1. The second-order valence-electron chi connectivity index (χ2n) is 12.9. The van der Waals surface area contributed by atoms with Crippen LogP contribution in [0.4, 0.5) is 0 Å². The standard InChI is InChI=1S/C21H29N7O.C13H21NS/c1-21(2,3)17-11-15-13-28(20(29)27-18(15)26-17)16-7-5-14(6-8-16)12-24-9-4-10-25-19(22)23;1-13(2,3)11-6-4-7-12(10-11)15-9-5-8-14/h5-8,11,13,24H,4,9-10,12H2,1-3H3,(H4,22,23,25)(H,26,27,29);4,6-7,10H,5,8-9,14H2,1-3H3. The van der Waals surface area contributed by atoms with Gasteiger partial charge in [-0.25, -0.2) is 4.79 Å². The molecule has 4 rings (SSSR count). The highest BCUT2D eigenvalue weighted by atomic mass is 32.2. The van der Waals surface area contributed by atoms with Crippen LogP contribution in [0.3, 0.4) is 0 Å². The second-order valence-corrected chi connectivity index (χ2v) is 14.1. The maximum Gasteiger partial charge on any atom is 0.354 e. The molecule has 2 aromatic heterocycles. The number of aromatic nitrogens is 3. The van der Waals surface area contributed by atoms with E-state index in [1.54, 1.807) is 4.57 Å². The van der Waals surface area contributed by atoms with E-state index in [0.29, 0.717) is 12.2 Å². The Morgan fingerprint density at radius 3 is 2.36 bits per heavy atom. The Morgan fingerprint density at radius 2 is 1.73 bits per heavy atom. The zero-order valence-corrected chi connectivity index (χ0v) is 27.9. The lowest BCUT2D eigenvalue weighted by Crippen LogP contribution is -2.23. The zero-order valence-electron chi connectivity index (χ0n) is 27.1. The fourth-order valence-corrected chi connectivity index (χ4v) is 5.26. The third-order valence-electron chi connectivity index (χ3n) is 6.98. The highest BCUT2D eigenvalue weighted by Gasteiger charge is 2.18. The van der Waals surface area contributed by atoms with Crippen LogP contribution in [0.25, 0.3) is 16.7 Å². The fraction of sp³-hybridized carbons (Fsp3) is 0.441. The van der Waals surface area contributed by atoms with Crippen molar-refractivity contribution < 1.29 is 0 Å². The lowest BCUT2D eigenvalue weighted by Gasteiger charge is -2.19. The molecular weight excluding hydrogens is 568 g/mol. The van der Waals surface area contributed by atoms with E-state index in [0.717, 1.165) is 60.6 Å². The first-order chi connectivity index (χ1) is 20.8. The molecule has 0 saturated carbocycles. The molecule has 0 atom stereocenters.